The van der Waals surface area contributed by atoms with Crippen LogP contribution in [0, 0.1) is 12.7 Å². The number of benzene rings is 1. The van der Waals surface area contributed by atoms with Crippen molar-refractivity contribution in [3.8, 4) is 5.69 Å². The molecular formula is C19H29FIN5S. The minimum atomic E-state index is -0.278. The van der Waals surface area contributed by atoms with E-state index < -0.39 is 0 Å². The minimum Gasteiger partial charge on any atom is -0.357 e. The summed E-state index contributed by atoms with van der Waals surface area (Å²) < 4.78 is 16.3. The molecule has 150 valence electrons. The highest BCUT2D eigenvalue weighted by Gasteiger charge is 2.16. The van der Waals surface area contributed by atoms with E-state index in [1.807, 2.05) is 19.9 Å². The fraction of sp³-hybridized carbons (Fsp3) is 0.474. The monoisotopic (exact) mass is 505 g/mol. The highest BCUT2D eigenvalue weighted by molar-refractivity contribution is 14.0. The molecule has 0 aliphatic carbocycles. The molecule has 0 saturated carbocycles. The third-order valence-corrected chi connectivity index (χ3v) is 5.34. The standard InChI is InChI=1S/C19H28FN5S.HI/c1-6-21-18(24-13-19(3,4)26-5)23-12-15-7-8-17(16(20)11-15)25-10-9-22-14(25)2;/h7-11H,6,12-13H2,1-5H3,(H2,21,23,24);1H. The lowest BCUT2D eigenvalue weighted by Gasteiger charge is -2.23. The van der Waals surface area contributed by atoms with Crippen LogP contribution >= 0.6 is 35.7 Å². The predicted octanol–water partition coefficient (Wildman–Crippen LogP) is 4.13. The Morgan fingerprint density at radius 3 is 2.63 bits per heavy atom. The van der Waals surface area contributed by atoms with Crippen LogP contribution < -0.4 is 10.6 Å². The molecule has 1 aromatic heterocycles. The molecule has 27 heavy (non-hydrogen) atoms. The van der Waals surface area contributed by atoms with Gasteiger partial charge in [0.25, 0.3) is 0 Å². The molecular weight excluding hydrogens is 476 g/mol. The van der Waals surface area contributed by atoms with Gasteiger partial charge in [-0.1, -0.05) is 6.07 Å². The summed E-state index contributed by atoms with van der Waals surface area (Å²) in [6.07, 6.45) is 5.52. The Morgan fingerprint density at radius 1 is 1.33 bits per heavy atom. The van der Waals surface area contributed by atoms with Crippen molar-refractivity contribution in [1.82, 2.24) is 20.2 Å². The molecule has 2 aromatic rings. The quantitative estimate of drug-likeness (QED) is 0.338. The van der Waals surface area contributed by atoms with Gasteiger partial charge in [-0.15, -0.1) is 24.0 Å². The lowest BCUT2D eigenvalue weighted by atomic mass is 10.2. The van der Waals surface area contributed by atoms with Crippen LogP contribution in [0.2, 0.25) is 0 Å². The molecule has 0 atom stereocenters. The van der Waals surface area contributed by atoms with Gasteiger partial charge in [0.1, 0.15) is 11.6 Å². The lowest BCUT2D eigenvalue weighted by Crippen LogP contribution is -2.43. The molecule has 0 bridgehead atoms. The van der Waals surface area contributed by atoms with Gasteiger partial charge in [0, 0.05) is 30.2 Å². The van der Waals surface area contributed by atoms with Crippen molar-refractivity contribution < 1.29 is 4.39 Å². The number of aliphatic imine (C=N–C) groups is 1. The van der Waals surface area contributed by atoms with Crippen LogP contribution in [0.15, 0.2) is 35.6 Å². The van der Waals surface area contributed by atoms with Crippen molar-refractivity contribution in [1.29, 1.82) is 0 Å². The summed E-state index contributed by atoms with van der Waals surface area (Å²) in [5, 5.41) is 6.58. The van der Waals surface area contributed by atoms with Crippen LogP contribution in [0.4, 0.5) is 4.39 Å². The number of aryl methyl sites for hydroxylation is 1. The summed E-state index contributed by atoms with van der Waals surface area (Å²) in [5.41, 5.74) is 1.32. The zero-order valence-electron chi connectivity index (χ0n) is 16.5. The summed E-state index contributed by atoms with van der Waals surface area (Å²) in [6, 6.07) is 5.20. The largest absolute Gasteiger partial charge is 0.357 e. The van der Waals surface area contributed by atoms with E-state index in [0.717, 1.165) is 30.4 Å². The summed E-state index contributed by atoms with van der Waals surface area (Å²) in [7, 11) is 0. The molecule has 0 fully saturated rings. The SMILES string of the molecule is CCNC(=NCc1ccc(-n2ccnc2C)c(F)c1)NCC(C)(C)SC.I. The second kappa shape index (κ2) is 10.9. The molecule has 0 spiro atoms. The van der Waals surface area contributed by atoms with E-state index in [1.165, 1.54) is 6.07 Å². The van der Waals surface area contributed by atoms with Gasteiger partial charge in [-0.2, -0.15) is 11.8 Å². The highest BCUT2D eigenvalue weighted by Crippen LogP contribution is 2.19. The summed E-state index contributed by atoms with van der Waals surface area (Å²) in [6.45, 7) is 10.2. The zero-order chi connectivity index (χ0) is 19.2. The first-order valence-electron chi connectivity index (χ1n) is 8.72. The molecule has 2 rings (SSSR count). The molecule has 8 heteroatoms. The second-order valence-corrected chi connectivity index (χ2v) is 8.16. The number of imidazole rings is 1. The van der Waals surface area contributed by atoms with Crippen molar-refractivity contribution in [3.05, 3.63) is 47.8 Å². The zero-order valence-corrected chi connectivity index (χ0v) is 19.7. The molecule has 0 radical (unpaired) electrons. The maximum absolute atomic E-state index is 14.5. The first-order valence-corrected chi connectivity index (χ1v) is 9.95. The average Bonchev–Trinajstić information content (AvgIpc) is 3.03. The first-order chi connectivity index (χ1) is 12.4. The molecule has 2 N–H and O–H groups in total. The van der Waals surface area contributed by atoms with Crippen molar-refractivity contribution in [3.63, 3.8) is 0 Å². The van der Waals surface area contributed by atoms with E-state index in [9.17, 15) is 4.39 Å². The van der Waals surface area contributed by atoms with Gasteiger partial charge in [-0.25, -0.2) is 14.4 Å². The molecule has 0 saturated heterocycles. The van der Waals surface area contributed by atoms with Gasteiger partial charge in [0.15, 0.2) is 5.96 Å². The van der Waals surface area contributed by atoms with Crippen molar-refractivity contribution in [2.45, 2.75) is 39.0 Å². The Hall–Kier alpha value is -1.29. The van der Waals surface area contributed by atoms with Gasteiger partial charge in [0.05, 0.1) is 12.2 Å². The topological polar surface area (TPSA) is 54.2 Å². The van der Waals surface area contributed by atoms with Crippen molar-refractivity contribution in [2.24, 2.45) is 4.99 Å². The van der Waals surface area contributed by atoms with Crippen LogP contribution in [-0.4, -0.2) is 39.6 Å². The molecule has 0 aliphatic rings. The normalized spacial score (nSPS) is 11.9. The van der Waals surface area contributed by atoms with E-state index >= 15 is 0 Å². The Bertz CT molecular complexity index is 760. The number of rotatable bonds is 7. The third-order valence-electron chi connectivity index (χ3n) is 4.10. The smallest absolute Gasteiger partial charge is 0.191 e. The number of nitrogens with one attached hydrogen (secondary N) is 2. The van der Waals surface area contributed by atoms with Crippen LogP contribution in [0.5, 0.6) is 0 Å². The second-order valence-electron chi connectivity index (χ2n) is 6.64. The maximum Gasteiger partial charge on any atom is 0.191 e. The van der Waals surface area contributed by atoms with Gasteiger partial charge in [-0.3, -0.25) is 0 Å². The van der Waals surface area contributed by atoms with E-state index in [1.54, 1.807) is 34.8 Å². The van der Waals surface area contributed by atoms with E-state index in [4.69, 9.17) is 0 Å². The molecule has 1 heterocycles. The maximum atomic E-state index is 14.5. The third kappa shape index (κ3) is 6.99. The van der Waals surface area contributed by atoms with Crippen LogP contribution in [0.3, 0.4) is 0 Å². The number of aromatic nitrogens is 2. The summed E-state index contributed by atoms with van der Waals surface area (Å²) in [5.74, 6) is 1.22. The highest BCUT2D eigenvalue weighted by atomic mass is 127. The van der Waals surface area contributed by atoms with Gasteiger partial charge >= 0.3 is 0 Å². The number of halogens is 2. The Labute approximate surface area is 182 Å². The number of hydrogen-bond acceptors (Lipinski definition) is 3. The van der Waals surface area contributed by atoms with Crippen molar-refractivity contribution >= 4 is 41.7 Å². The van der Waals surface area contributed by atoms with Crippen LogP contribution in [0.1, 0.15) is 32.2 Å². The molecule has 5 nitrogen and oxygen atoms in total. The summed E-state index contributed by atoms with van der Waals surface area (Å²) >= 11 is 1.80. The van der Waals surface area contributed by atoms with Crippen LogP contribution in [0.25, 0.3) is 5.69 Å². The Balaban J connectivity index is 0.00000364. The summed E-state index contributed by atoms with van der Waals surface area (Å²) in [4.78, 5) is 8.71. The Morgan fingerprint density at radius 2 is 2.07 bits per heavy atom. The fourth-order valence-corrected chi connectivity index (χ4v) is 2.57. The van der Waals surface area contributed by atoms with E-state index in [0.29, 0.717) is 12.2 Å². The number of guanidine groups is 1. The number of thioether (sulfide) groups is 1. The molecule has 1 aromatic carbocycles. The molecule has 0 unspecified atom stereocenters. The molecule has 0 aliphatic heterocycles. The van der Waals surface area contributed by atoms with E-state index in [2.05, 4.69) is 40.7 Å². The number of nitrogens with zero attached hydrogens (tertiary/aromatic N) is 3. The minimum absolute atomic E-state index is 0. The molecule has 0 amide bonds. The number of hydrogen-bond donors (Lipinski definition) is 2. The van der Waals surface area contributed by atoms with Crippen LogP contribution in [-0.2, 0) is 6.54 Å². The fourth-order valence-electron chi connectivity index (χ4n) is 2.36. The van der Waals surface area contributed by atoms with Crippen molar-refractivity contribution in [2.75, 3.05) is 19.3 Å². The first kappa shape index (κ1) is 23.7. The van der Waals surface area contributed by atoms with Gasteiger partial charge in [0.2, 0.25) is 0 Å². The average molecular weight is 505 g/mol. The Kier molecular flexibility index (Phi) is 9.58. The van der Waals surface area contributed by atoms with Gasteiger partial charge in [-0.05, 0) is 51.6 Å². The predicted molar refractivity (Wildman–Crippen MR) is 124 cm³/mol. The van der Waals surface area contributed by atoms with E-state index in [-0.39, 0.29) is 34.5 Å². The lowest BCUT2D eigenvalue weighted by molar-refractivity contribution is 0.614. The van der Waals surface area contributed by atoms with Gasteiger partial charge < -0.3 is 15.2 Å².